The second kappa shape index (κ2) is 9.03. The number of benzene rings is 1. The van der Waals surface area contributed by atoms with Gasteiger partial charge in [-0.25, -0.2) is 9.50 Å². The molecule has 168 valence electrons. The van der Waals surface area contributed by atoms with E-state index in [0.29, 0.717) is 22.2 Å². The molecule has 1 aromatic carbocycles. The molecule has 0 spiro atoms. The number of pyridine rings is 2. The van der Waals surface area contributed by atoms with Crippen molar-refractivity contribution in [2.24, 2.45) is 0 Å². The number of nitrogens with one attached hydrogen (secondary N) is 1. The molecule has 0 fully saturated rings. The Balaban J connectivity index is 1.59. The number of hydrogen-bond donors (Lipinski definition) is 1. The Morgan fingerprint density at radius 1 is 1.09 bits per heavy atom. The number of halogens is 1. The number of hydrogen-bond acceptors (Lipinski definition) is 4. The molecule has 0 unspecified atom stereocenters. The smallest absolute Gasteiger partial charge is 0.229 e. The second-order valence-electron chi connectivity index (χ2n) is 8.06. The molecule has 3 heterocycles. The molecule has 0 aliphatic carbocycles. The fourth-order valence-corrected chi connectivity index (χ4v) is 4.27. The minimum atomic E-state index is -0.202. The Hall–Kier alpha value is -3.71. The highest BCUT2D eigenvalue weighted by atomic mass is 35.5. The Labute approximate surface area is 197 Å². The van der Waals surface area contributed by atoms with Gasteiger partial charge in [0.2, 0.25) is 11.8 Å². The van der Waals surface area contributed by atoms with E-state index in [1.165, 1.54) is 11.8 Å². The number of rotatable bonds is 5. The fourth-order valence-electron chi connectivity index (χ4n) is 3.88. The van der Waals surface area contributed by atoms with E-state index in [0.717, 1.165) is 27.9 Å². The van der Waals surface area contributed by atoms with Gasteiger partial charge in [0.1, 0.15) is 5.82 Å². The van der Waals surface area contributed by atoms with Gasteiger partial charge in [0, 0.05) is 36.1 Å². The van der Waals surface area contributed by atoms with Crippen molar-refractivity contribution in [2.45, 2.75) is 34.1 Å². The van der Waals surface area contributed by atoms with Gasteiger partial charge in [-0.1, -0.05) is 17.7 Å². The van der Waals surface area contributed by atoms with Crippen molar-refractivity contribution in [1.29, 1.82) is 0 Å². The fraction of sp³-hybridized carbons (Fsp3) is 0.200. The zero-order valence-electron chi connectivity index (χ0n) is 18.9. The number of carbonyl (C=O) groups excluding carboxylic acids is 2. The Morgan fingerprint density at radius 2 is 1.88 bits per heavy atom. The van der Waals surface area contributed by atoms with E-state index >= 15 is 0 Å². The summed E-state index contributed by atoms with van der Waals surface area (Å²) in [5.41, 5.74) is 5.77. The first-order valence-corrected chi connectivity index (χ1v) is 10.9. The van der Waals surface area contributed by atoms with Gasteiger partial charge in [0.25, 0.3) is 0 Å². The number of fused-ring (bicyclic) bond motifs is 1. The van der Waals surface area contributed by atoms with E-state index in [1.54, 1.807) is 35.1 Å². The highest BCUT2D eigenvalue weighted by molar-refractivity contribution is 6.31. The first kappa shape index (κ1) is 22.5. The standard InChI is InChI=1S/C25H24ClN5O2/c1-15-9-16(2)22(23(26)10-15)14-25(33)28-19-5-7-27-24(12-19)31(18(4)32)20-6-8-30-21(13-20)11-17(3)29-30/h5-13H,14H2,1-4H3,(H,27,28,33). The average molecular weight is 462 g/mol. The van der Waals surface area contributed by atoms with Crippen molar-refractivity contribution in [2.75, 3.05) is 10.2 Å². The van der Waals surface area contributed by atoms with Crippen molar-refractivity contribution in [3.63, 3.8) is 0 Å². The molecule has 0 saturated carbocycles. The molecule has 0 aliphatic heterocycles. The van der Waals surface area contributed by atoms with Crippen molar-refractivity contribution in [3.8, 4) is 0 Å². The molecule has 8 heteroatoms. The van der Waals surface area contributed by atoms with Gasteiger partial charge in [-0.3, -0.25) is 14.5 Å². The van der Waals surface area contributed by atoms with Crippen molar-refractivity contribution >= 4 is 46.1 Å². The van der Waals surface area contributed by atoms with Gasteiger partial charge in [-0.05, 0) is 67.8 Å². The first-order valence-electron chi connectivity index (χ1n) is 10.5. The van der Waals surface area contributed by atoms with Crippen molar-refractivity contribution in [3.05, 3.63) is 82.3 Å². The largest absolute Gasteiger partial charge is 0.326 e. The van der Waals surface area contributed by atoms with Gasteiger partial charge in [-0.15, -0.1) is 0 Å². The van der Waals surface area contributed by atoms with Gasteiger partial charge >= 0.3 is 0 Å². The highest BCUT2D eigenvalue weighted by Gasteiger charge is 2.18. The molecule has 0 atom stereocenters. The molecular formula is C25H24ClN5O2. The average Bonchev–Trinajstić information content (AvgIpc) is 3.10. The molecule has 2 amide bonds. The second-order valence-corrected chi connectivity index (χ2v) is 8.47. The van der Waals surface area contributed by atoms with Crippen molar-refractivity contribution in [1.82, 2.24) is 14.6 Å². The maximum absolute atomic E-state index is 12.7. The van der Waals surface area contributed by atoms with Crippen LogP contribution in [0.3, 0.4) is 0 Å². The third-order valence-corrected chi connectivity index (χ3v) is 5.64. The van der Waals surface area contributed by atoms with Crippen LogP contribution in [0.1, 0.15) is 29.3 Å². The summed E-state index contributed by atoms with van der Waals surface area (Å²) in [4.78, 5) is 31.1. The number of amides is 2. The summed E-state index contributed by atoms with van der Waals surface area (Å²) in [6, 6.07) is 12.8. The van der Waals surface area contributed by atoms with E-state index in [9.17, 15) is 9.59 Å². The van der Waals surface area contributed by atoms with Gasteiger partial charge < -0.3 is 5.32 Å². The predicted octanol–water partition coefficient (Wildman–Crippen LogP) is 5.17. The molecule has 4 rings (SSSR count). The monoisotopic (exact) mass is 461 g/mol. The van der Waals surface area contributed by atoms with Crippen LogP contribution < -0.4 is 10.2 Å². The van der Waals surface area contributed by atoms with Gasteiger partial charge in [-0.2, -0.15) is 5.10 Å². The lowest BCUT2D eigenvalue weighted by Gasteiger charge is -2.21. The summed E-state index contributed by atoms with van der Waals surface area (Å²) in [5.74, 6) is 0.00518. The van der Waals surface area contributed by atoms with Gasteiger partial charge in [0.15, 0.2) is 0 Å². The predicted molar refractivity (Wildman–Crippen MR) is 130 cm³/mol. The number of aromatic nitrogens is 3. The number of anilines is 3. The molecule has 7 nitrogen and oxygen atoms in total. The highest BCUT2D eigenvalue weighted by Crippen LogP contribution is 2.28. The SMILES string of the molecule is CC(=O)N(c1ccn2nc(C)cc2c1)c1cc(NC(=O)Cc2c(C)cc(C)cc2Cl)ccn1. The summed E-state index contributed by atoms with van der Waals surface area (Å²) < 4.78 is 1.75. The summed E-state index contributed by atoms with van der Waals surface area (Å²) >= 11 is 6.35. The maximum atomic E-state index is 12.7. The third kappa shape index (κ3) is 4.88. The van der Waals surface area contributed by atoms with E-state index in [1.807, 2.05) is 45.0 Å². The lowest BCUT2D eigenvalue weighted by molar-refractivity contribution is -0.116. The Bertz CT molecular complexity index is 1360. The van der Waals surface area contributed by atoms with Crippen LogP contribution in [0.4, 0.5) is 17.2 Å². The van der Waals surface area contributed by atoms with Crippen LogP contribution in [0.5, 0.6) is 0 Å². The molecule has 33 heavy (non-hydrogen) atoms. The summed E-state index contributed by atoms with van der Waals surface area (Å²) in [7, 11) is 0. The molecule has 0 radical (unpaired) electrons. The lowest BCUT2D eigenvalue weighted by atomic mass is 10.0. The van der Waals surface area contributed by atoms with E-state index in [4.69, 9.17) is 11.6 Å². The van der Waals surface area contributed by atoms with Crippen LogP contribution in [0.2, 0.25) is 5.02 Å². The molecule has 0 bridgehead atoms. The lowest BCUT2D eigenvalue weighted by Crippen LogP contribution is -2.24. The molecule has 0 aliphatic rings. The third-order valence-electron chi connectivity index (χ3n) is 5.30. The van der Waals surface area contributed by atoms with E-state index in [2.05, 4.69) is 15.4 Å². The summed E-state index contributed by atoms with van der Waals surface area (Å²) in [5, 5.41) is 7.83. The minimum Gasteiger partial charge on any atom is -0.326 e. The number of nitrogens with zero attached hydrogens (tertiary/aromatic N) is 4. The molecular weight excluding hydrogens is 438 g/mol. The molecule has 0 saturated heterocycles. The Morgan fingerprint density at radius 3 is 2.61 bits per heavy atom. The molecule has 4 aromatic rings. The van der Waals surface area contributed by atoms with Crippen LogP contribution in [0.25, 0.3) is 5.52 Å². The van der Waals surface area contributed by atoms with Gasteiger partial charge in [0.05, 0.1) is 23.3 Å². The normalized spacial score (nSPS) is 10.9. The number of aryl methyl sites for hydroxylation is 3. The van der Waals surface area contributed by atoms with E-state index in [-0.39, 0.29) is 18.2 Å². The molecule has 3 aromatic heterocycles. The zero-order chi connectivity index (χ0) is 23.7. The van der Waals surface area contributed by atoms with Crippen molar-refractivity contribution < 1.29 is 9.59 Å². The van der Waals surface area contributed by atoms with Crippen LogP contribution in [0, 0.1) is 20.8 Å². The minimum absolute atomic E-state index is 0.149. The van der Waals surface area contributed by atoms with Crippen LogP contribution >= 0.6 is 11.6 Å². The topological polar surface area (TPSA) is 79.6 Å². The number of carbonyl (C=O) groups is 2. The summed E-state index contributed by atoms with van der Waals surface area (Å²) in [6.07, 6.45) is 3.51. The van der Waals surface area contributed by atoms with Crippen LogP contribution in [-0.2, 0) is 16.0 Å². The zero-order valence-corrected chi connectivity index (χ0v) is 19.6. The van der Waals surface area contributed by atoms with E-state index < -0.39 is 0 Å². The Kier molecular flexibility index (Phi) is 6.16. The quantitative estimate of drug-likeness (QED) is 0.444. The van der Waals surface area contributed by atoms with Crippen LogP contribution in [0.15, 0.2) is 54.9 Å². The first-order chi connectivity index (χ1) is 15.7. The molecule has 1 N–H and O–H groups in total. The maximum Gasteiger partial charge on any atom is 0.229 e. The summed E-state index contributed by atoms with van der Waals surface area (Å²) in [6.45, 7) is 7.29. The van der Waals surface area contributed by atoms with Crippen LogP contribution in [-0.4, -0.2) is 26.4 Å².